The van der Waals surface area contributed by atoms with Gasteiger partial charge in [-0.15, -0.1) is 11.8 Å². The van der Waals surface area contributed by atoms with Gasteiger partial charge in [0.25, 0.3) is 0 Å². The van der Waals surface area contributed by atoms with E-state index in [0.29, 0.717) is 0 Å². The molecule has 1 aliphatic rings. The highest BCUT2D eigenvalue weighted by Gasteiger charge is 2.39. The first-order valence-corrected chi connectivity index (χ1v) is 7.28. The maximum absolute atomic E-state index is 11.6. The molecule has 1 aliphatic heterocycles. The second kappa shape index (κ2) is 7.82. The predicted octanol–water partition coefficient (Wildman–Crippen LogP) is 0.882. The van der Waals surface area contributed by atoms with Crippen molar-refractivity contribution < 1.29 is 29.0 Å². The molecule has 0 aromatic heterocycles. The van der Waals surface area contributed by atoms with E-state index in [2.05, 4.69) is 11.6 Å². The fourth-order valence-electron chi connectivity index (χ4n) is 1.80. The topological polar surface area (TPSA) is 102 Å². The van der Waals surface area contributed by atoms with Crippen molar-refractivity contribution in [3.8, 4) is 0 Å². The molecular weight excluding hydrogens is 298 g/mol. The minimum Gasteiger partial charge on any atom is -0.481 e. The number of esters is 2. The van der Waals surface area contributed by atoms with Crippen molar-refractivity contribution in [2.24, 2.45) is 10.9 Å². The lowest BCUT2D eigenvalue weighted by Crippen LogP contribution is -2.36. The highest BCUT2D eigenvalue weighted by molar-refractivity contribution is 8.01. The van der Waals surface area contributed by atoms with Crippen LogP contribution in [0.2, 0.25) is 0 Å². The van der Waals surface area contributed by atoms with Gasteiger partial charge in [0.1, 0.15) is 29.7 Å². The fraction of sp³-hybridized carbons (Fsp3) is 0.538. The van der Waals surface area contributed by atoms with Crippen molar-refractivity contribution in [1.82, 2.24) is 0 Å². The van der Waals surface area contributed by atoms with Gasteiger partial charge in [0.05, 0.1) is 0 Å². The summed E-state index contributed by atoms with van der Waals surface area (Å²) in [5, 5.41) is 8.59. The lowest BCUT2D eigenvalue weighted by Gasteiger charge is -2.22. The maximum Gasteiger partial charge on any atom is 0.353 e. The highest BCUT2D eigenvalue weighted by atomic mass is 32.2. The number of carboxylic acid groups (broad SMARTS) is 1. The molecule has 1 heterocycles. The molecule has 21 heavy (non-hydrogen) atoms. The molecule has 0 aromatic rings. The molecule has 0 amide bonds. The first kappa shape index (κ1) is 17.2. The van der Waals surface area contributed by atoms with Crippen LogP contribution >= 0.6 is 11.8 Å². The second-order valence-corrected chi connectivity index (χ2v) is 5.45. The number of carbonyl (C=O) groups is 3. The van der Waals surface area contributed by atoms with E-state index in [9.17, 15) is 19.5 Å². The Kier molecular flexibility index (Phi) is 6.41. The van der Waals surface area contributed by atoms with Crippen molar-refractivity contribution in [3.05, 3.63) is 12.7 Å². The minimum absolute atomic E-state index is 0.0688. The Balaban J connectivity index is 2.79. The largest absolute Gasteiger partial charge is 0.481 e. The molecule has 0 fully saturated rings. The number of aliphatic imine (C=N–C) groups is 1. The Labute approximate surface area is 126 Å². The van der Waals surface area contributed by atoms with Gasteiger partial charge in [0.15, 0.2) is 0 Å². The Bertz CT molecular complexity index is 475. The number of aliphatic carboxylic acids is 1. The highest BCUT2D eigenvalue weighted by Crippen LogP contribution is 2.31. The third-order valence-electron chi connectivity index (χ3n) is 2.69. The van der Waals surface area contributed by atoms with Gasteiger partial charge in [-0.25, -0.2) is 4.79 Å². The molecule has 0 spiro atoms. The van der Waals surface area contributed by atoms with Crippen molar-refractivity contribution in [3.63, 3.8) is 0 Å². The van der Waals surface area contributed by atoms with Gasteiger partial charge in [0, 0.05) is 12.7 Å². The van der Waals surface area contributed by atoms with E-state index in [1.54, 1.807) is 0 Å². The van der Waals surface area contributed by atoms with Crippen molar-refractivity contribution in [1.29, 1.82) is 0 Å². The second-order valence-electron chi connectivity index (χ2n) is 4.34. The van der Waals surface area contributed by atoms with Crippen LogP contribution in [-0.4, -0.2) is 52.6 Å². The zero-order valence-corrected chi connectivity index (χ0v) is 12.6. The van der Waals surface area contributed by atoms with Gasteiger partial charge >= 0.3 is 17.9 Å². The fourth-order valence-corrected chi connectivity index (χ4v) is 3.06. The number of ether oxygens (including phenoxy) is 2. The van der Waals surface area contributed by atoms with Gasteiger partial charge in [0.2, 0.25) is 0 Å². The maximum atomic E-state index is 11.6. The van der Waals surface area contributed by atoms with E-state index in [1.165, 1.54) is 31.7 Å². The predicted molar refractivity (Wildman–Crippen MR) is 77.2 cm³/mol. The molecule has 1 N–H and O–H groups in total. The average Bonchev–Trinajstić information content (AvgIpc) is 2.84. The molecule has 0 unspecified atom stereocenters. The van der Waals surface area contributed by atoms with Crippen LogP contribution in [0.25, 0.3) is 0 Å². The summed E-state index contributed by atoms with van der Waals surface area (Å²) >= 11 is 1.20. The summed E-state index contributed by atoms with van der Waals surface area (Å²) in [6.07, 6.45) is 0.589. The lowest BCUT2D eigenvalue weighted by molar-refractivity contribution is -0.155. The van der Waals surface area contributed by atoms with E-state index in [4.69, 9.17) is 9.47 Å². The first-order chi connectivity index (χ1) is 9.86. The minimum atomic E-state index is -1.13. The molecule has 8 heteroatoms. The Morgan fingerprint density at radius 2 is 2.24 bits per heavy atom. The zero-order chi connectivity index (χ0) is 16.0. The monoisotopic (exact) mass is 315 g/mol. The van der Waals surface area contributed by atoms with E-state index in [1.807, 2.05) is 0 Å². The van der Waals surface area contributed by atoms with E-state index >= 15 is 0 Å². The number of carbonyl (C=O) groups excluding carboxylic acids is 2. The van der Waals surface area contributed by atoms with Crippen molar-refractivity contribution >= 4 is 35.4 Å². The molecule has 0 saturated heterocycles. The van der Waals surface area contributed by atoms with Crippen LogP contribution in [0.1, 0.15) is 13.8 Å². The molecular formula is C13H17NO6S. The summed E-state index contributed by atoms with van der Waals surface area (Å²) < 4.78 is 9.77. The Hall–Kier alpha value is -1.83. The summed E-state index contributed by atoms with van der Waals surface area (Å²) in [6.45, 7) is 6.19. The smallest absolute Gasteiger partial charge is 0.353 e. The number of hydrogen-bond acceptors (Lipinski definition) is 7. The number of nitrogens with zero attached hydrogens (tertiary/aromatic N) is 1. The number of hydrogen-bond donors (Lipinski definition) is 1. The van der Waals surface area contributed by atoms with Gasteiger partial charge < -0.3 is 14.6 Å². The Morgan fingerprint density at radius 1 is 1.57 bits per heavy atom. The third kappa shape index (κ3) is 4.89. The van der Waals surface area contributed by atoms with Crippen molar-refractivity contribution in [2.45, 2.75) is 25.3 Å². The molecule has 1 rings (SSSR count). The molecule has 0 radical (unpaired) electrons. The number of thioether (sulfide) groups is 1. The zero-order valence-electron chi connectivity index (χ0n) is 11.8. The van der Waals surface area contributed by atoms with Crippen molar-refractivity contribution in [2.75, 3.05) is 12.4 Å². The molecule has 7 nitrogen and oxygen atoms in total. The molecule has 0 bridgehead atoms. The van der Waals surface area contributed by atoms with E-state index in [-0.39, 0.29) is 18.1 Å². The van der Waals surface area contributed by atoms with Gasteiger partial charge in [-0.1, -0.05) is 12.7 Å². The number of carboxylic acids is 1. The quantitative estimate of drug-likeness (QED) is 0.549. The standard InChI is InChI=1S/C13H17NO6S/c1-4-5-19-13(18)9-6-21-11(14-9)10(12(16)17)7(2)20-8(3)15/h4,7,10-11H,1,5-6H2,2-3H3,(H,16,17)/t7-,10-,11+/m1/s1. The van der Waals surface area contributed by atoms with Crippen LogP contribution < -0.4 is 0 Å². The van der Waals surface area contributed by atoms with Gasteiger partial charge in [-0.05, 0) is 6.92 Å². The average molecular weight is 315 g/mol. The molecule has 0 saturated carbocycles. The first-order valence-electron chi connectivity index (χ1n) is 6.23. The lowest BCUT2D eigenvalue weighted by atomic mass is 10.0. The van der Waals surface area contributed by atoms with Crippen LogP contribution in [0.3, 0.4) is 0 Å². The summed E-state index contributed by atoms with van der Waals surface area (Å²) in [7, 11) is 0. The summed E-state index contributed by atoms with van der Waals surface area (Å²) in [4.78, 5) is 38.0. The summed E-state index contributed by atoms with van der Waals surface area (Å²) in [5.41, 5.74) is 0.174. The normalized spacial score (nSPS) is 20.1. The Morgan fingerprint density at radius 3 is 2.76 bits per heavy atom. The molecule has 0 aromatic carbocycles. The van der Waals surface area contributed by atoms with Crippen LogP contribution in [-0.2, 0) is 23.9 Å². The molecule has 3 atom stereocenters. The summed E-state index contributed by atoms with van der Waals surface area (Å²) in [5.74, 6) is -3.05. The van der Waals surface area contributed by atoms with Gasteiger partial charge in [-0.3, -0.25) is 14.6 Å². The SMILES string of the molecule is C=CCOC(=O)C1=N[C@H]([C@H](C(=O)O)[C@@H](C)OC(C)=O)SC1. The van der Waals surface area contributed by atoms with E-state index in [0.717, 1.165) is 0 Å². The van der Waals surface area contributed by atoms with Crippen LogP contribution in [0, 0.1) is 5.92 Å². The molecule has 116 valence electrons. The third-order valence-corrected chi connectivity index (χ3v) is 3.87. The van der Waals surface area contributed by atoms with E-state index < -0.39 is 35.3 Å². The van der Waals surface area contributed by atoms with Crippen LogP contribution in [0.15, 0.2) is 17.6 Å². The van der Waals surface area contributed by atoms with Crippen LogP contribution in [0.4, 0.5) is 0 Å². The van der Waals surface area contributed by atoms with Crippen LogP contribution in [0.5, 0.6) is 0 Å². The van der Waals surface area contributed by atoms with Gasteiger partial charge in [-0.2, -0.15) is 0 Å². The summed E-state index contributed by atoms with van der Waals surface area (Å²) in [6, 6.07) is 0. The number of rotatable bonds is 7. The molecule has 0 aliphatic carbocycles.